The molecule has 0 aliphatic heterocycles. The predicted octanol–water partition coefficient (Wildman–Crippen LogP) is 2.63. The molecule has 0 aliphatic carbocycles. The van der Waals surface area contributed by atoms with Crippen molar-refractivity contribution in [3.63, 3.8) is 0 Å². The van der Waals surface area contributed by atoms with Crippen molar-refractivity contribution in [3.8, 4) is 0 Å². The molecule has 109 valence electrons. The van der Waals surface area contributed by atoms with Crippen molar-refractivity contribution >= 4 is 57.5 Å². The van der Waals surface area contributed by atoms with Gasteiger partial charge in [0, 0.05) is 41.7 Å². The van der Waals surface area contributed by atoms with Gasteiger partial charge in [-0.3, -0.25) is 14.7 Å². The maximum atomic E-state index is 11.3. The number of hydrogen-bond acceptors (Lipinski definition) is 4. The van der Waals surface area contributed by atoms with E-state index in [-0.39, 0.29) is 35.1 Å². The average molecular weight is 328 g/mol. The first-order valence-electron chi connectivity index (χ1n) is 5.87. The first-order valence-corrected chi connectivity index (χ1v) is 7.31. The molecular weight excluding hydrogens is 317 g/mol. The number of nitro groups is 1. The van der Waals surface area contributed by atoms with Gasteiger partial charge in [-0.15, -0.1) is 0 Å². The monoisotopic (exact) mass is 328 g/mol. The molecule has 22 heavy (non-hydrogen) atoms. The van der Waals surface area contributed by atoms with Gasteiger partial charge in [0.2, 0.25) is 0 Å². The maximum Gasteiger partial charge on any atom is 0.295 e. The van der Waals surface area contributed by atoms with Crippen LogP contribution in [0.2, 0.25) is 0 Å². The molecule has 0 atom stereocenters. The summed E-state index contributed by atoms with van der Waals surface area (Å²) in [7, 11) is -4.55. The molecule has 1 radical (unpaired) electrons. The summed E-state index contributed by atoms with van der Waals surface area (Å²) in [4.78, 5) is 9.46. The fraction of sp³-hybridized carbons (Fsp3) is 0. The van der Waals surface area contributed by atoms with Gasteiger partial charge >= 0.3 is 0 Å². The molecule has 0 fully saturated rings. The van der Waals surface area contributed by atoms with Gasteiger partial charge in [0.1, 0.15) is 4.90 Å². The maximum absolute atomic E-state index is 11.3. The Morgan fingerprint density at radius 3 is 2.23 bits per heavy atom. The Balaban J connectivity index is 0.00000242. The average Bonchev–Trinajstić information content (AvgIpc) is 2.45. The summed E-state index contributed by atoms with van der Waals surface area (Å²) >= 11 is 0. The van der Waals surface area contributed by atoms with E-state index in [1.807, 2.05) is 30.3 Å². The van der Waals surface area contributed by atoms with Crippen LogP contribution in [-0.4, -0.2) is 47.5 Å². The largest absolute Gasteiger partial charge is 0.295 e. The van der Waals surface area contributed by atoms with Crippen LogP contribution in [-0.2, 0) is 10.1 Å². The second-order valence-electron chi connectivity index (χ2n) is 4.20. The molecule has 0 aromatic heterocycles. The number of hydrogen-bond donors (Lipinski definition) is 1. The van der Waals surface area contributed by atoms with Gasteiger partial charge in [0.25, 0.3) is 15.8 Å². The molecule has 0 amide bonds. The number of nitro benzene ring substituents is 1. The molecule has 0 unspecified atom stereocenters. The molecule has 2 aromatic carbocycles. The van der Waals surface area contributed by atoms with Gasteiger partial charge in [0.05, 0.1) is 4.92 Å². The summed E-state index contributed by atoms with van der Waals surface area (Å²) < 4.78 is 31.9. The van der Waals surface area contributed by atoms with Crippen molar-refractivity contribution in [2.45, 2.75) is 4.90 Å². The number of rotatable bonds is 4. The molecule has 0 heterocycles. The van der Waals surface area contributed by atoms with Gasteiger partial charge in [-0.25, -0.2) is 0 Å². The molecule has 0 saturated heterocycles. The van der Waals surface area contributed by atoms with Crippen LogP contribution >= 0.6 is 0 Å². The molecule has 1 N–H and O–H groups in total. The zero-order valence-electron chi connectivity index (χ0n) is 11.7. The normalized spacial score (nSPS) is 11.1. The third kappa shape index (κ3) is 4.75. The number of non-ortho nitro benzene ring substituents is 1. The molecule has 8 heteroatoms. The second-order valence-corrected chi connectivity index (χ2v) is 5.59. The van der Waals surface area contributed by atoms with Gasteiger partial charge in [-0.1, -0.05) is 42.5 Å². The van der Waals surface area contributed by atoms with Crippen molar-refractivity contribution in [2.24, 2.45) is 0 Å². The Morgan fingerprint density at radius 1 is 1.05 bits per heavy atom. The number of nitrogens with zero attached hydrogens (tertiary/aromatic N) is 1. The van der Waals surface area contributed by atoms with Crippen LogP contribution in [0, 0.1) is 10.1 Å². The van der Waals surface area contributed by atoms with E-state index >= 15 is 0 Å². The molecule has 6 nitrogen and oxygen atoms in total. The minimum Gasteiger partial charge on any atom is -0.282 e. The van der Waals surface area contributed by atoms with Crippen LogP contribution in [0.4, 0.5) is 5.69 Å². The van der Waals surface area contributed by atoms with E-state index in [0.29, 0.717) is 0 Å². The molecular formula is C14H11NNaO5S. The Labute approximate surface area is 149 Å². The van der Waals surface area contributed by atoms with Crippen molar-refractivity contribution in [1.29, 1.82) is 0 Å². The zero-order valence-corrected chi connectivity index (χ0v) is 14.5. The fourth-order valence-corrected chi connectivity index (χ4v) is 2.45. The van der Waals surface area contributed by atoms with Gasteiger partial charge in [-0.05, 0) is 17.2 Å². The van der Waals surface area contributed by atoms with E-state index in [2.05, 4.69) is 0 Å². The van der Waals surface area contributed by atoms with Gasteiger partial charge in [-0.2, -0.15) is 8.42 Å². The Kier molecular flexibility index (Phi) is 6.46. The minimum atomic E-state index is -4.55. The quantitative estimate of drug-likeness (QED) is 0.306. The van der Waals surface area contributed by atoms with Crippen LogP contribution in [0.3, 0.4) is 0 Å². The van der Waals surface area contributed by atoms with Crippen molar-refractivity contribution in [3.05, 3.63) is 69.8 Å². The van der Waals surface area contributed by atoms with Crippen LogP contribution in [0.25, 0.3) is 12.2 Å². The first kappa shape index (κ1) is 18.5. The van der Waals surface area contributed by atoms with Gasteiger partial charge in [0.15, 0.2) is 0 Å². The Hall–Kier alpha value is -1.51. The molecule has 2 rings (SSSR count). The van der Waals surface area contributed by atoms with E-state index in [1.165, 1.54) is 18.2 Å². The van der Waals surface area contributed by atoms with Crippen LogP contribution in [0.1, 0.15) is 11.1 Å². The van der Waals surface area contributed by atoms with Crippen molar-refractivity contribution in [1.82, 2.24) is 0 Å². The molecule has 0 spiro atoms. The standard InChI is InChI=1S/C14H11NO5S.Na/c16-15(17)13-9-8-12(14(10-13)21(18,19)20)7-6-11-4-2-1-3-5-11;/h1-10H,(H,18,19,20);. The van der Waals surface area contributed by atoms with E-state index in [0.717, 1.165) is 11.6 Å². The fourth-order valence-electron chi connectivity index (χ4n) is 1.75. The molecule has 0 bridgehead atoms. The summed E-state index contributed by atoms with van der Waals surface area (Å²) in [5.74, 6) is 0. The van der Waals surface area contributed by atoms with E-state index in [9.17, 15) is 23.1 Å². The van der Waals surface area contributed by atoms with Crippen LogP contribution in [0.15, 0.2) is 53.4 Å². The third-order valence-corrected chi connectivity index (χ3v) is 3.65. The Morgan fingerprint density at radius 2 is 1.68 bits per heavy atom. The van der Waals surface area contributed by atoms with Gasteiger partial charge < -0.3 is 0 Å². The predicted molar refractivity (Wildman–Crippen MR) is 84.0 cm³/mol. The smallest absolute Gasteiger partial charge is 0.282 e. The summed E-state index contributed by atoms with van der Waals surface area (Å²) in [6.07, 6.45) is 3.12. The third-order valence-electron chi connectivity index (χ3n) is 2.74. The summed E-state index contributed by atoms with van der Waals surface area (Å²) in [6.45, 7) is 0. The summed E-state index contributed by atoms with van der Waals surface area (Å²) in [6, 6.07) is 12.4. The summed E-state index contributed by atoms with van der Waals surface area (Å²) in [5.41, 5.74) is 0.601. The first-order chi connectivity index (χ1) is 9.88. The SMILES string of the molecule is O=[N+]([O-])c1ccc(C=Cc2ccccc2)c(S(=O)(=O)O)c1.[Na]. The minimum absolute atomic E-state index is 0. The topological polar surface area (TPSA) is 97.5 Å². The van der Waals surface area contributed by atoms with Crippen molar-refractivity contribution < 1.29 is 17.9 Å². The molecule has 0 aliphatic rings. The second kappa shape index (κ2) is 7.66. The Bertz CT molecular complexity index is 803. The summed E-state index contributed by atoms with van der Waals surface area (Å²) in [5, 5.41) is 10.7. The van der Waals surface area contributed by atoms with E-state index in [1.54, 1.807) is 6.08 Å². The van der Waals surface area contributed by atoms with E-state index < -0.39 is 25.6 Å². The van der Waals surface area contributed by atoms with E-state index in [4.69, 9.17) is 0 Å². The molecule has 2 aromatic rings. The zero-order chi connectivity index (χ0) is 15.5. The molecule has 0 saturated carbocycles. The number of benzene rings is 2. The van der Waals surface area contributed by atoms with Crippen LogP contribution < -0.4 is 0 Å². The van der Waals surface area contributed by atoms with Crippen molar-refractivity contribution in [2.75, 3.05) is 0 Å². The van der Waals surface area contributed by atoms with Crippen LogP contribution in [0.5, 0.6) is 0 Å².